The monoisotopic (exact) mass is 218 g/mol. The molecule has 0 bridgehead atoms. The van der Waals surface area contributed by atoms with E-state index in [2.05, 4.69) is 15.9 Å². The predicted octanol–water partition coefficient (Wildman–Crippen LogP) is 2.21. The highest BCUT2D eigenvalue weighted by Crippen LogP contribution is 2.12. The summed E-state index contributed by atoms with van der Waals surface area (Å²) < 4.78 is 12.9. The van der Waals surface area contributed by atoms with Crippen LogP contribution in [0.1, 0.15) is 11.1 Å². The molecule has 11 heavy (non-hydrogen) atoms. The molecule has 0 aliphatic heterocycles. The number of hydrogen-bond donors (Lipinski definition) is 1. The van der Waals surface area contributed by atoms with Crippen molar-refractivity contribution >= 4 is 15.9 Å². The third-order valence-corrected chi connectivity index (χ3v) is 2.09. The highest BCUT2D eigenvalue weighted by molar-refractivity contribution is 9.08. The third kappa shape index (κ3) is 2.01. The summed E-state index contributed by atoms with van der Waals surface area (Å²) in [5.41, 5.74) is 1.22. The van der Waals surface area contributed by atoms with Gasteiger partial charge in [-0.05, 0) is 11.6 Å². The van der Waals surface area contributed by atoms with Crippen LogP contribution in [0.2, 0.25) is 0 Å². The van der Waals surface area contributed by atoms with E-state index in [9.17, 15) is 4.39 Å². The van der Waals surface area contributed by atoms with E-state index < -0.39 is 0 Å². The van der Waals surface area contributed by atoms with Crippen LogP contribution in [-0.4, -0.2) is 5.11 Å². The minimum atomic E-state index is -0.343. The van der Waals surface area contributed by atoms with Gasteiger partial charge in [0.05, 0.1) is 6.61 Å². The molecule has 0 aliphatic rings. The van der Waals surface area contributed by atoms with Gasteiger partial charge in [0.1, 0.15) is 5.82 Å². The molecule has 1 N–H and O–H groups in total. The molecule has 0 saturated heterocycles. The van der Waals surface area contributed by atoms with E-state index >= 15 is 0 Å². The number of aliphatic hydroxyl groups is 1. The first-order chi connectivity index (χ1) is 5.27. The smallest absolute Gasteiger partial charge is 0.129 e. The Kier molecular flexibility index (Phi) is 3.02. The Labute approximate surface area is 73.0 Å². The molecule has 60 valence electrons. The molecule has 0 radical (unpaired) electrons. The number of aliphatic hydroxyl groups excluding tert-OH is 1. The lowest BCUT2D eigenvalue weighted by Crippen LogP contribution is -1.90. The number of benzene rings is 1. The number of rotatable bonds is 2. The molecule has 1 rings (SSSR count). The van der Waals surface area contributed by atoms with Crippen LogP contribution in [0.4, 0.5) is 4.39 Å². The minimum Gasteiger partial charge on any atom is -0.392 e. The van der Waals surface area contributed by atoms with E-state index in [1.54, 1.807) is 12.1 Å². The average Bonchev–Trinajstić information content (AvgIpc) is 2.04. The quantitative estimate of drug-likeness (QED) is 0.756. The number of alkyl halides is 1. The first kappa shape index (κ1) is 8.68. The second kappa shape index (κ2) is 3.83. The Morgan fingerprint density at radius 1 is 1.45 bits per heavy atom. The maximum atomic E-state index is 12.9. The summed E-state index contributed by atoms with van der Waals surface area (Å²) in [5.74, 6) is -0.343. The van der Waals surface area contributed by atoms with Crippen LogP contribution in [0.5, 0.6) is 0 Å². The minimum absolute atomic E-state index is 0.242. The molecule has 1 nitrogen and oxygen atoms in total. The Morgan fingerprint density at radius 3 is 2.64 bits per heavy atom. The van der Waals surface area contributed by atoms with Gasteiger partial charge in [0.2, 0.25) is 0 Å². The zero-order chi connectivity index (χ0) is 8.27. The van der Waals surface area contributed by atoms with Gasteiger partial charge in [0.25, 0.3) is 0 Å². The van der Waals surface area contributed by atoms with Crippen molar-refractivity contribution in [3.05, 3.63) is 35.1 Å². The maximum absolute atomic E-state index is 12.9. The van der Waals surface area contributed by atoms with Gasteiger partial charge in [-0.25, -0.2) is 4.39 Å². The second-order valence-electron chi connectivity index (χ2n) is 2.22. The van der Waals surface area contributed by atoms with Gasteiger partial charge >= 0.3 is 0 Å². The molecular weight excluding hydrogens is 211 g/mol. The Hall–Kier alpha value is -0.410. The Morgan fingerprint density at radius 2 is 2.18 bits per heavy atom. The summed E-state index contributed by atoms with van der Waals surface area (Å²) in [6, 6.07) is 4.79. The van der Waals surface area contributed by atoms with E-state index in [0.717, 1.165) is 5.56 Å². The molecule has 3 heteroatoms. The number of hydrogen-bond acceptors (Lipinski definition) is 1. The van der Waals surface area contributed by atoms with Crippen molar-refractivity contribution in [3.8, 4) is 0 Å². The van der Waals surface area contributed by atoms with E-state index in [4.69, 9.17) is 5.11 Å². The first-order valence-electron chi connectivity index (χ1n) is 3.22. The van der Waals surface area contributed by atoms with Crippen LogP contribution in [-0.2, 0) is 11.9 Å². The molecule has 0 aromatic heterocycles. The van der Waals surface area contributed by atoms with Crippen molar-refractivity contribution in [1.29, 1.82) is 0 Å². The van der Waals surface area contributed by atoms with Gasteiger partial charge in [-0.3, -0.25) is 0 Å². The van der Waals surface area contributed by atoms with Crippen LogP contribution >= 0.6 is 15.9 Å². The second-order valence-corrected chi connectivity index (χ2v) is 2.78. The van der Waals surface area contributed by atoms with Gasteiger partial charge in [-0.2, -0.15) is 0 Å². The molecule has 0 unspecified atom stereocenters. The van der Waals surface area contributed by atoms with Crippen LogP contribution in [0.15, 0.2) is 18.2 Å². The molecule has 0 atom stereocenters. The third-order valence-electron chi connectivity index (χ3n) is 1.44. The van der Waals surface area contributed by atoms with Crippen molar-refractivity contribution in [1.82, 2.24) is 0 Å². The summed E-state index contributed by atoms with van der Waals surface area (Å²) in [7, 11) is 0. The zero-order valence-electron chi connectivity index (χ0n) is 5.85. The van der Waals surface area contributed by atoms with Gasteiger partial charge in [-0.15, -0.1) is 0 Å². The molecule has 0 spiro atoms. The van der Waals surface area contributed by atoms with Crippen molar-refractivity contribution in [2.75, 3.05) is 0 Å². The SMILES string of the molecule is OCc1ccc(CBr)cc1F. The molecule has 0 aliphatic carbocycles. The fourth-order valence-electron chi connectivity index (χ4n) is 0.802. The summed E-state index contributed by atoms with van der Waals surface area (Å²) in [6.45, 7) is -0.242. The Balaban J connectivity index is 2.99. The van der Waals surface area contributed by atoms with Gasteiger partial charge in [0, 0.05) is 10.9 Å². The fraction of sp³-hybridized carbons (Fsp3) is 0.250. The molecule has 1 aromatic rings. The van der Waals surface area contributed by atoms with Crippen LogP contribution in [0.3, 0.4) is 0 Å². The van der Waals surface area contributed by atoms with Crippen molar-refractivity contribution in [3.63, 3.8) is 0 Å². The summed E-state index contributed by atoms with van der Waals surface area (Å²) in [4.78, 5) is 0. The lowest BCUT2D eigenvalue weighted by atomic mass is 10.1. The lowest BCUT2D eigenvalue weighted by Gasteiger charge is -2.00. The highest BCUT2D eigenvalue weighted by atomic mass is 79.9. The van der Waals surface area contributed by atoms with E-state index in [1.807, 2.05) is 0 Å². The van der Waals surface area contributed by atoms with Crippen molar-refractivity contribution in [2.45, 2.75) is 11.9 Å². The molecule has 0 amide bonds. The fourth-order valence-corrected chi connectivity index (χ4v) is 1.15. The summed E-state index contributed by atoms with van der Waals surface area (Å²) in [5, 5.41) is 9.26. The molecular formula is C8H8BrFO. The molecule has 0 heterocycles. The largest absolute Gasteiger partial charge is 0.392 e. The topological polar surface area (TPSA) is 20.2 Å². The van der Waals surface area contributed by atoms with E-state index in [-0.39, 0.29) is 12.4 Å². The Bertz CT molecular complexity index is 250. The van der Waals surface area contributed by atoms with Crippen LogP contribution < -0.4 is 0 Å². The zero-order valence-corrected chi connectivity index (χ0v) is 7.44. The van der Waals surface area contributed by atoms with Gasteiger partial charge in [-0.1, -0.05) is 28.1 Å². The molecule has 0 fully saturated rings. The number of halogens is 2. The standard InChI is InChI=1S/C8H8BrFO/c9-4-6-1-2-7(5-11)8(10)3-6/h1-3,11H,4-5H2. The van der Waals surface area contributed by atoms with E-state index in [1.165, 1.54) is 6.07 Å². The van der Waals surface area contributed by atoms with Gasteiger partial charge in [0.15, 0.2) is 0 Å². The summed E-state index contributed by atoms with van der Waals surface area (Å²) in [6.07, 6.45) is 0. The average molecular weight is 219 g/mol. The molecule has 1 aromatic carbocycles. The van der Waals surface area contributed by atoms with Crippen molar-refractivity contribution in [2.24, 2.45) is 0 Å². The van der Waals surface area contributed by atoms with Crippen molar-refractivity contribution < 1.29 is 9.50 Å². The normalized spacial score (nSPS) is 10.1. The first-order valence-corrected chi connectivity index (χ1v) is 4.34. The highest BCUT2D eigenvalue weighted by Gasteiger charge is 2.00. The lowest BCUT2D eigenvalue weighted by molar-refractivity contribution is 0.275. The summed E-state index contributed by atoms with van der Waals surface area (Å²) >= 11 is 3.21. The van der Waals surface area contributed by atoms with Crippen LogP contribution in [0, 0.1) is 5.82 Å². The van der Waals surface area contributed by atoms with Crippen LogP contribution in [0.25, 0.3) is 0 Å². The maximum Gasteiger partial charge on any atom is 0.129 e. The molecule has 0 saturated carbocycles. The van der Waals surface area contributed by atoms with Gasteiger partial charge < -0.3 is 5.11 Å². The predicted molar refractivity (Wildman–Crippen MR) is 45.0 cm³/mol. The van der Waals surface area contributed by atoms with E-state index in [0.29, 0.717) is 10.9 Å².